The molecule has 0 bridgehead atoms. The van der Waals surface area contributed by atoms with Gasteiger partial charge in [0.15, 0.2) is 0 Å². The van der Waals surface area contributed by atoms with Crippen molar-refractivity contribution in [1.82, 2.24) is 0 Å². The van der Waals surface area contributed by atoms with Crippen LogP contribution in [-0.2, 0) is 0 Å². The lowest BCUT2D eigenvalue weighted by atomic mass is 10.2. The minimum atomic E-state index is 0. The molecule has 1 aromatic rings. The van der Waals surface area contributed by atoms with Crippen LogP contribution in [0, 0.1) is 11.3 Å². The third-order valence-corrected chi connectivity index (χ3v) is 1.61. The number of nitrogens with zero attached hydrogens (tertiary/aromatic N) is 1. The van der Waals surface area contributed by atoms with Gasteiger partial charge in [-0.05, 0) is 18.2 Å². The van der Waals surface area contributed by atoms with Gasteiger partial charge >= 0.3 is 0 Å². The van der Waals surface area contributed by atoms with Gasteiger partial charge in [-0.15, -0.1) is 0 Å². The minimum Gasteiger partial charge on any atom is -0.269 e. The summed E-state index contributed by atoms with van der Waals surface area (Å²) in [6.45, 7) is 0. The van der Waals surface area contributed by atoms with E-state index in [1.807, 2.05) is 6.07 Å². The number of halogens is 3. The molecule has 11 heavy (non-hydrogen) atoms. The van der Waals surface area contributed by atoms with Gasteiger partial charge in [0.05, 0.1) is 10.6 Å². The third kappa shape index (κ3) is 2.38. The number of benzene rings is 1. The van der Waals surface area contributed by atoms with E-state index in [0.717, 1.165) is 0 Å². The maximum atomic E-state index is 8.45. The van der Waals surface area contributed by atoms with Crippen molar-refractivity contribution >= 4 is 23.2 Å². The first-order chi connectivity index (χ1) is 4.74. The standard InChI is InChI=1S/C7H3Cl2N.FH/c8-6-1-2-7(9)5(3-6)4-10;/h1-3H;1H. The molecule has 0 spiro atoms. The van der Waals surface area contributed by atoms with E-state index in [4.69, 9.17) is 28.5 Å². The van der Waals surface area contributed by atoms with Gasteiger partial charge in [0, 0.05) is 5.02 Å². The summed E-state index contributed by atoms with van der Waals surface area (Å²) in [5.41, 5.74) is 0.411. The Hall–Kier alpha value is -0.780. The second kappa shape index (κ2) is 4.17. The van der Waals surface area contributed by atoms with Crippen molar-refractivity contribution < 1.29 is 4.70 Å². The first kappa shape index (κ1) is 10.2. The highest BCUT2D eigenvalue weighted by atomic mass is 35.5. The second-order valence-electron chi connectivity index (χ2n) is 1.74. The summed E-state index contributed by atoms with van der Waals surface area (Å²) in [5.74, 6) is 0. The molecule has 0 unspecified atom stereocenters. The highest BCUT2D eigenvalue weighted by Gasteiger charge is 1.97. The predicted octanol–water partition coefficient (Wildman–Crippen LogP) is 3.02. The van der Waals surface area contributed by atoms with Crippen molar-refractivity contribution in [3.05, 3.63) is 33.8 Å². The summed E-state index contributed by atoms with van der Waals surface area (Å²) in [4.78, 5) is 0. The molecule has 0 aliphatic rings. The van der Waals surface area contributed by atoms with E-state index < -0.39 is 0 Å². The van der Waals surface area contributed by atoms with Crippen molar-refractivity contribution in [2.45, 2.75) is 0 Å². The summed E-state index contributed by atoms with van der Waals surface area (Å²) in [5, 5.41) is 9.42. The van der Waals surface area contributed by atoms with Gasteiger partial charge in [0.2, 0.25) is 0 Å². The van der Waals surface area contributed by atoms with Gasteiger partial charge in [0.1, 0.15) is 6.07 Å². The van der Waals surface area contributed by atoms with Gasteiger partial charge in [-0.25, -0.2) is 0 Å². The third-order valence-electron chi connectivity index (χ3n) is 1.05. The fourth-order valence-corrected chi connectivity index (χ4v) is 0.915. The first-order valence-electron chi connectivity index (χ1n) is 2.59. The smallest absolute Gasteiger partial charge is 0.101 e. The molecular weight excluding hydrogens is 188 g/mol. The predicted molar refractivity (Wildman–Crippen MR) is 43.7 cm³/mol. The topological polar surface area (TPSA) is 23.8 Å². The highest BCUT2D eigenvalue weighted by Crippen LogP contribution is 2.18. The van der Waals surface area contributed by atoms with Crippen molar-refractivity contribution in [1.29, 1.82) is 5.26 Å². The zero-order valence-electron chi connectivity index (χ0n) is 5.34. The Morgan fingerprint density at radius 3 is 2.36 bits per heavy atom. The van der Waals surface area contributed by atoms with Crippen molar-refractivity contribution in [2.75, 3.05) is 0 Å². The lowest BCUT2D eigenvalue weighted by Gasteiger charge is -1.92. The minimum absolute atomic E-state index is 0. The van der Waals surface area contributed by atoms with E-state index in [-0.39, 0.29) is 4.70 Å². The summed E-state index contributed by atoms with van der Waals surface area (Å²) >= 11 is 11.2. The van der Waals surface area contributed by atoms with E-state index in [1.54, 1.807) is 12.1 Å². The second-order valence-corrected chi connectivity index (χ2v) is 2.58. The molecule has 0 radical (unpaired) electrons. The van der Waals surface area contributed by atoms with Crippen LogP contribution >= 0.6 is 23.2 Å². The molecule has 58 valence electrons. The van der Waals surface area contributed by atoms with Crippen molar-refractivity contribution in [3.8, 4) is 6.07 Å². The van der Waals surface area contributed by atoms with Crippen LogP contribution in [0.1, 0.15) is 5.56 Å². The molecule has 1 rings (SSSR count). The lowest BCUT2D eigenvalue weighted by Crippen LogP contribution is -1.74. The number of hydrogen-bond donors (Lipinski definition) is 0. The van der Waals surface area contributed by atoms with Gasteiger partial charge in [-0.3, -0.25) is 4.70 Å². The fourth-order valence-electron chi connectivity index (χ4n) is 0.583. The van der Waals surface area contributed by atoms with Crippen LogP contribution in [0.15, 0.2) is 18.2 Å². The Morgan fingerprint density at radius 1 is 1.27 bits per heavy atom. The SMILES string of the molecule is F.N#Cc1cc(Cl)ccc1Cl. The molecule has 0 aromatic heterocycles. The molecule has 0 atom stereocenters. The Bertz CT molecular complexity index is 293. The largest absolute Gasteiger partial charge is 0.269 e. The Morgan fingerprint density at radius 2 is 1.91 bits per heavy atom. The molecule has 1 nitrogen and oxygen atoms in total. The van der Waals surface area contributed by atoms with Crippen molar-refractivity contribution in [2.24, 2.45) is 0 Å². The zero-order chi connectivity index (χ0) is 7.56. The molecule has 0 aliphatic carbocycles. The van der Waals surface area contributed by atoms with E-state index in [2.05, 4.69) is 0 Å². The molecule has 0 aliphatic heterocycles. The van der Waals surface area contributed by atoms with Crippen LogP contribution in [-0.4, -0.2) is 0 Å². The number of hydrogen-bond acceptors (Lipinski definition) is 1. The maximum absolute atomic E-state index is 8.45. The quantitative estimate of drug-likeness (QED) is 0.619. The highest BCUT2D eigenvalue weighted by molar-refractivity contribution is 6.33. The van der Waals surface area contributed by atoms with Crippen LogP contribution in [0.5, 0.6) is 0 Å². The van der Waals surface area contributed by atoms with E-state index in [1.165, 1.54) is 6.07 Å². The van der Waals surface area contributed by atoms with Crippen LogP contribution in [0.25, 0.3) is 0 Å². The maximum Gasteiger partial charge on any atom is 0.101 e. The lowest BCUT2D eigenvalue weighted by molar-refractivity contribution is 1.11. The molecule has 1 aromatic carbocycles. The van der Waals surface area contributed by atoms with E-state index in [0.29, 0.717) is 15.6 Å². The molecule has 0 heterocycles. The first-order valence-corrected chi connectivity index (χ1v) is 3.35. The molecule has 0 saturated heterocycles. The number of nitriles is 1. The summed E-state index contributed by atoms with van der Waals surface area (Å²) in [7, 11) is 0. The van der Waals surface area contributed by atoms with Crippen LogP contribution in [0.3, 0.4) is 0 Å². The molecule has 0 amide bonds. The Balaban J connectivity index is 0.000001000. The normalized spacial score (nSPS) is 8.09. The molecule has 4 heteroatoms. The monoisotopic (exact) mass is 191 g/mol. The molecular formula is C7H4Cl2FN. The van der Waals surface area contributed by atoms with Crippen LogP contribution in [0.2, 0.25) is 10.0 Å². The fraction of sp³-hybridized carbons (Fsp3) is 0. The van der Waals surface area contributed by atoms with E-state index >= 15 is 0 Å². The molecule has 0 fully saturated rings. The zero-order valence-corrected chi connectivity index (χ0v) is 6.86. The van der Waals surface area contributed by atoms with Crippen molar-refractivity contribution in [3.63, 3.8) is 0 Å². The van der Waals surface area contributed by atoms with Gasteiger partial charge in [-0.2, -0.15) is 5.26 Å². The van der Waals surface area contributed by atoms with Gasteiger partial charge < -0.3 is 0 Å². The summed E-state index contributed by atoms with van der Waals surface area (Å²) in [6.07, 6.45) is 0. The van der Waals surface area contributed by atoms with Gasteiger partial charge in [0.25, 0.3) is 0 Å². The number of rotatable bonds is 0. The van der Waals surface area contributed by atoms with E-state index in [9.17, 15) is 0 Å². The average molecular weight is 192 g/mol. The average Bonchev–Trinajstić information content (AvgIpc) is 1.94. The van der Waals surface area contributed by atoms with Crippen LogP contribution < -0.4 is 0 Å². The molecule has 0 N–H and O–H groups in total. The summed E-state index contributed by atoms with van der Waals surface area (Å²) in [6, 6.07) is 6.69. The summed E-state index contributed by atoms with van der Waals surface area (Å²) < 4.78 is 0. The van der Waals surface area contributed by atoms with Gasteiger partial charge in [-0.1, -0.05) is 23.2 Å². The molecule has 0 saturated carbocycles. The van der Waals surface area contributed by atoms with Crippen LogP contribution in [0.4, 0.5) is 4.70 Å². The Labute approximate surface area is 73.5 Å². The Kier molecular flexibility index (Phi) is 3.88.